The molecule has 7 nitrogen and oxygen atoms in total. The molecule has 1 aromatic carbocycles. The van der Waals surface area contributed by atoms with Gasteiger partial charge in [0.2, 0.25) is 6.39 Å². The second-order valence-corrected chi connectivity index (χ2v) is 4.28. The molecule has 3 aromatic rings. The van der Waals surface area contributed by atoms with Crippen molar-refractivity contribution in [1.29, 1.82) is 0 Å². The molecule has 0 aliphatic carbocycles. The lowest BCUT2D eigenvalue weighted by Gasteiger charge is -2.08. The zero-order valence-corrected chi connectivity index (χ0v) is 11.4. The Bertz CT molecular complexity index is 699. The molecule has 0 spiro atoms. The van der Waals surface area contributed by atoms with E-state index in [-0.39, 0.29) is 0 Å². The first kappa shape index (κ1) is 13.0. The maximum atomic E-state index is 4.69. The molecule has 0 aliphatic rings. The highest BCUT2D eigenvalue weighted by Crippen LogP contribution is 2.20. The monoisotopic (exact) mass is 282 g/mol. The van der Waals surface area contributed by atoms with Gasteiger partial charge in [-0.3, -0.25) is 0 Å². The molecule has 0 bridgehead atoms. The van der Waals surface area contributed by atoms with Gasteiger partial charge in [0.25, 0.3) is 0 Å². The number of hydrogen-bond acceptors (Lipinski definition) is 7. The normalized spacial score (nSPS) is 10.3. The second kappa shape index (κ2) is 6.00. The SMILES string of the molecule is CNc1cc(NCc2ncon2)nc(-c2ccccc2)n1. The van der Waals surface area contributed by atoms with Gasteiger partial charge in [0.1, 0.15) is 11.6 Å². The van der Waals surface area contributed by atoms with Crippen molar-refractivity contribution in [1.82, 2.24) is 20.1 Å². The Morgan fingerprint density at radius 2 is 1.90 bits per heavy atom. The van der Waals surface area contributed by atoms with Crippen LogP contribution in [0.4, 0.5) is 11.6 Å². The second-order valence-electron chi connectivity index (χ2n) is 4.28. The lowest BCUT2D eigenvalue weighted by Crippen LogP contribution is -2.06. The molecule has 2 heterocycles. The Labute approximate surface area is 121 Å². The summed E-state index contributed by atoms with van der Waals surface area (Å²) < 4.78 is 4.69. The lowest BCUT2D eigenvalue weighted by atomic mass is 10.2. The Balaban J connectivity index is 1.86. The average molecular weight is 282 g/mol. The maximum Gasteiger partial charge on any atom is 0.213 e. The van der Waals surface area contributed by atoms with E-state index in [0.717, 1.165) is 11.4 Å². The summed E-state index contributed by atoms with van der Waals surface area (Å²) in [6, 6.07) is 11.6. The van der Waals surface area contributed by atoms with E-state index < -0.39 is 0 Å². The highest BCUT2D eigenvalue weighted by atomic mass is 16.5. The van der Waals surface area contributed by atoms with E-state index in [1.54, 1.807) is 0 Å². The first-order valence-corrected chi connectivity index (χ1v) is 6.46. The molecule has 0 fully saturated rings. The van der Waals surface area contributed by atoms with Crippen molar-refractivity contribution in [2.45, 2.75) is 6.54 Å². The Kier molecular flexibility index (Phi) is 3.72. The first-order valence-electron chi connectivity index (χ1n) is 6.46. The summed E-state index contributed by atoms with van der Waals surface area (Å²) in [5, 5.41) is 9.93. The zero-order chi connectivity index (χ0) is 14.5. The molecule has 106 valence electrons. The van der Waals surface area contributed by atoms with Gasteiger partial charge in [-0.25, -0.2) is 9.97 Å². The molecule has 7 heteroatoms. The van der Waals surface area contributed by atoms with E-state index in [9.17, 15) is 0 Å². The van der Waals surface area contributed by atoms with Crippen LogP contribution in [0.2, 0.25) is 0 Å². The van der Waals surface area contributed by atoms with Gasteiger partial charge in [-0.05, 0) is 0 Å². The molecule has 2 N–H and O–H groups in total. The fourth-order valence-electron chi connectivity index (χ4n) is 1.82. The van der Waals surface area contributed by atoms with Gasteiger partial charge >= 0.3 is 0 Å². The molecule has 21 heavy (non-hydrogen) atoms. The van der Waals surface area contributed by atoms with Crippen LogP contribution in [0.1, 0.15) is 5.82 Å². The summed E-state index contributed by atoms with van der Waals surface area (Å²) in [6.07, 6.45) is 1.30. The van der Waals surface area contributed by atoms with Gasteiger partial charge in [0, 0.05) is 18.7 Å². The van der Waals surface area contributed by atoms with Crippen molar-refractivity contribution >= 4 is 11.6 Å². The van der Waals surface area contributed by atoms with Crippen LogP contribution in [0.25, 0.3) is 11.4 Å². The Hall–Kier alpha value is -2.96. The summed E-state index contributed by atoms with van der Waals surface area (Å²) in [7, 11) is 1.82. The van der Waals surface area contributed by atoms with E-state index in [0.29, 0.717) is 24.0 Å². The first-order chi connectivity index (χ1) is 10.3. The molecular weight excluding hydrogens is 268 g/mol. The smallest absolute Gasteiger partial charge is 0.213 e. The van der Waals surface area contributed by atoms with Gasteiger partial charge in [0.15, 0.2) is 11.6 Å². The quantitative estimate of drug-likeness (QED) is 0.741. The largest absolute Gasteiger partial charge is 0.373 e. The van der Waals surface area contributed by atoms with Gasteiger partial charge in [-0.15, -0.1) is 0 Å². The van der Waals surface area contributed by atoms with Gasteiger partial charge < -0.3 is 15.2 Å². The minimum absolute atomic E-state index is 0.435. The van der Waals surface area contributed by atoms with Crippen LogP contribution < -0.4 is 10.6 Å². The lowest BCUT2D eigenvalue weighted by molar-refractivity contribution is 0.411. The van der Waals surface area contributed by atoms with Crippen LogP contribution in [0.15, 0.2) is 47.3 Å². The number of nitrogens with zero attached hydrogens (tertiary/aromatic N) is 4. The third-order valence-corrected chi connectivity index (χ3v) is 2.85. The van der Waals surface area contributed by atoms with Crippen molar-refractivity contribution in [3.63, 3.8) is 0 Å². The molecule has 0 radical (unpaired) electrons. The Morgan fingerprint density at radius 3 is 2.62 bits per heavy atom. The van der Waals surface area contributed by atoms with Gasteiger partial charge in [0.05, 0.1) is 6.54 Å². The highest BCUT2D eigenvalue weighted by Gasteiger charge is 2.07. The number of aromatic nitrogens is 4. The number of nitrogens with one attached hydrogen (secondary N) is 2. The summed E-state index contributed by atoms with van der Waals surface area (Å²) in [5.41, 5.74) is 0.956. The van der Waals surface area contributed by atoms with E-state index in [1.807, 2.05) is 43.4 Å². The number of anilines is 2. The minimum atomic E-state index is 0.435. The Morgan fingerprint density at radius 1 is 1.10 bits per heavy atom. The molecule has 2 aromatic heterocycles. The average Bonchev–Trinajstić information content (AvgIpc) is 3.07. The van der Waals surface area contributed by atoms with Crippen LogP contribution in [-0.2, 0) is 6.54 Å². The summed E-state index contributed by atoms with van der Waals surface area (Å²) >= 11 is 0. The van der Waals surface area contributed by atoms with E-state index in [1.165, 1.54) is 6.39 Å². The fraction of sp³-hybridized carbons (Fsp3) is 0.143. The fourth-order valence-corrected chi connectivity index (χ4v) is 1.82. The molecule has 0 unspecified atom stereocenters. The topological polar surface area (TPSA) is 88.8 Å². The number of hydrogen-bond donors (Lipinski definition) is 2. The van der Waals surface area contributed by atoms with Crippen LogP contribution in [0.3, 0.4) is 0 Å². The highest BCUT2D eigenvalue weighted by molar-refractivity contribution is 5.61. The molecular formula is C14H14N6O. The van der Waals surface area contributed by atoms with Gasteiger partial charge in [-0.1, -0.05) is 35.5 Å². The molecule has 0 aliphatic heterocycles. The number of benzene rings is 1. The maximum absolute atomic E-state index is 4.69. The van der Waals surface area contributed by atoms with Gasteiger partial charge in [-0.2, -0.15) is 4.98 Å². The van der Waals surface area contributed by atoms with Crippen LogP contribution in [0.5, 0.6) is 0 Å². The van der Waals surface area contributed by atoms with Crippen molar-refractivity contribution in [3.05, 3.63) is 48.6 Å². The summed E-state index contributed by atoms with van der Waals surface area (Å²) in [5.74, 6) is 2.65. The molecule has 0 saturated carbocycles. The number of rotatable bonds is 5. The third kappa shape index (κ3) is 3.14. The van der Waals surface area contributed by atoms with Crippen molar-refractivity contribution in [2.24, 2.45) is 0 Å². The molecule has 3 rings (SSSR count). The molecule has 0 saturated heterocycles. The van der Waals surface area contributed by atoms with Crippen molar-refractivity contribution < 1.29 is 4.52 Å². The summed E-state index contributed by atoms with van der Waals surface area (Å²) in [6.45, 7) is 0.435. The van der Waals surface area contributed by atoms with Crippen LogP contribution in [0, 0.1) is 0 Å². The van der Waals surface area contributed by atoms with Crippen LogP contribution >= 0.6 is 0 Å². The molecule has 0 atom stereocenters. The van der Waals surface area contributed by atoms with E-state index in [4.69, 9.17) is 4.52 Å². The predicted molar refractivity (Wildman–Crippen MR) is 78.6 cm³/mol. The standard InChI is InChI=1S/C14H14N6O/c1-15-11-7-12(16-8-13-17-9-21-20-13)19-14(18-11)10-5-3-2-4-6-10/h2-7,9H,8H2,1H3,(H2,15,16,18,19). The van der Waals surface area contributed by atoms with Crippen molar-refractivity contribution in [2.75, 3.05) is 17.7 Å². The van der Waals surface area contributed by atoms with Crippen LogP contribution in [-0.4, -0.2) is 27.2 Å². The van der Waals surface area contributed by atoms with E-state index >= 15 is 0 Å². The van der Waals surface area contributed by atoms with E-state index in [2.05, 4.69) is 30.7 Å². The summed E-state index contributed by atoms with van der Waals surface area (Å²) in [4.78, 5) is 12.9. The minimum Gasteiger partial charge on any atom is -0.373 e. The zero-order valence-electron chi connectivity index (χ0n) is 11.4. The molecule has 0 amide bonds. The third-order valence-electron chi connectivity index (χ3n) is 2.85. The van der Waals surface area contributed by atoms with Crippen molar-refractivity contribution in [3.8, 4) is 11.4 Å². The predicted octanol–water partition coefficient (Wildman–Crippen LogP) is 2.18.